The molecule has 3 aliphatic heterocycles. The van der Waals surface area contributed by atoms with Crippen molar-refractivity contribution in [1.29, 1.82) is 0 Å². The van der Waals surface area contributed by atoms with Crippen LogP contribution >= 0.6 is 0 Å². The topological polar surface area (TPSA) is 70.1 Å². The number of anilines is 2. The zero-order valence-electron chi connectivity index (χ0n) is 19.6. The monoisotopic (exact) mass is 484 g/mol. The minimum atomic E-state index is -0.896. The van der Waals surface area contributed by atoms with Crippen molar-refractivity contribution >= 4 is 28.8 Å². The molecular formula is C29H25FN2O4. The van der Waals surface area contributed by atoms with Crippen molar-refractivity contribution in [2.24, 2.45) is 0 Å². The van der Waals surface area contributed by atoms with E-state index < -0.39 is 23.5 Å². The van der Waals surface area contributed by atoms with Crippen LogP contribution in [0.1, 0.15) is 35.6 Å². The first-order valence-electron chi connectivity index (χ1n) is 12.2. The van der Waals surface area contributed by atoms with E-state index in [1.165, 1.54) is 17.0 Å². The highest BCUT2D eigenvalue weighted by molar-refractivity contribution is 6.51. The number of benzene rings is 3. The number of carbonyl (C=O) groups is 2. The SMILES string of the molecule is O=C1C(=O)N(c2ccc(N3CCCC3)cc2)C(c2ccc(F)cc2)/C1=C(/O)c1ccc2c(c1)CCO2. The molecule has 6 rings (SSSR count). The van der Waals surface area contributed by atoms with E-state index in [-0.39, 0.29) is 11.3 Å². The van der Waals surface area contributed by atoms with Crippen LogP contribution in [-0.2, 0) is 16.0 Å². The molecule has 1 atom stereocenters. The fourth-order valence-corrected chi connectivity index (χ4v) is 5.35. The second-order valence-electron chi connectivity index (χ2n) is 9.35. The number of ketones is 1. The molecule has 1 N–H and O–H groups in total. The molecule has 0 spiro atoms. The van der Waals surface area contributed by atoms with Gasteiger partial charge in [0.05, 0.1) is 18.2 Å². The smallest absolute Gasteiger partial charge is 0.300 e. The number of halogens is 1. The molecule has 0 saturated carbocycles. The third-order valence-corrected chi connectivity index (χ3v) is 7.19. The predicted molar refractivity (Wildman–Crippen MR) is 135 cm³/mol. The van der Waals surface area contributed by atoms with Gasteiger partial charge >= 0.3 is 0 Å². The number of hydrogen-bond acceptors (Lipinski definition) is 5. The number of aliphatic hydroxyl groups excluding tert-OH is 1. The Balaban J connectivity index is 1.46. The van der Waals surface area contributed by atoms with Crippen molar-refractivity contribution in [1.82, 2.24) is 0 Å². The lowest BCUT2D eigenvalue weighted by Gasteiger charge is -2.26. The van der Waals surface area contributed by atoms with Gasteiger partial charge < -0.3 is 14.7 Å². The van der Waals surface area contributed by atoms with Crippen molar-refractivity contribution in [2.75, 3.05) is 29.5 Å². The van der Waals surface area contributed by atoms with Gasteiger partial charge in [0.2, 0.25) is 0 Å². The highest BCUT2D eigenvalue weighted by Gasteiger charge is 2.47. The van der Waals surface area contributed by atoms with Crippen molar-refractivity contribution in [2.45, 2.75) is 25.3 Å². The summed E-state index contributed by atoms with van der Waals surface area (Å²) in [6, 6.07) is 17.5. The van der Waals surface area contributed by atoms with Crippen LogP contribution in [0.3, 0.4) is 0 Å². The molecule has 0 aromatic heterocycles. The van der Waals surface area contributed by atoms with Crippen molar-refractivity contribution < 1.29 is 23.8 Å². The molecule has 36 heavy (non-hydrogen) atoms. The Morgan fingerprint density at radius 3 is 2.33 bits per heavy atom. The Bertz CT molecular complexity index is 1380. The molecule has 7 heteroatoms. The van der Waals surface area contributed by atoms with E-state index in [4.69, 9.17) is 4.74 Å². The largest absolute Gasteiger partial charge is 0.507 e. The molecule has 1 amide bonds. The maximum atomic E-state index is 13.8. The molecule has 0 radical (unpaired) electrons. The maximum Gasteiger partial charge on any atom is 0.300 e. The Morgan fingerprint density at radius 1 is 0.917 bits per heavy atom. The van der Waals surface area contributed by atoms with E-state index in [1.807, 2.05) is 24.3 Å². The molecule has 3 aromatic rings. The standard InChI is InChI=1S/C29H25FN2O4/c30-21-6-3-18(4-7-21)26-25(27(33)20-5-12-24-19(17-20)13-16-36-24)28(34)29(35)32(26)23-10-8-22(9-11-23)31-14-1-2-15-31/h3-12,17,26,33H,1-2,13-16H2/b27-25-. The lowest BCUT2D eigenvalue weighted by atomic mass is 9.94. The quantitative estimate of drug-likeness (QED) is 0.321. The Labute approximate surface area is 208 Å². The summed E-state index contributed by atoms with van der Waals surface area (Å²) in [5, 5.41) is 11.3. The van der Waals surface area contributed by atoms with Crippen LogP contribution in [0, 0.1) is 5.82 Å². The van der Waals surface area contributed by atoms with E-state index in [1.54, 1.807) is 30.3 Å². The minimum absolute atomic E-state index is 0.0194. The fourth-order valence-electron chi connectivity index (χ4n) is 5.35. The van der Waals surface area contributed by atoms with Crippen molar-refractivity contribution in [3.63, 3.8) is 0 Å². The van der Waals surface area contributed by atoms with Crippen LogP contribution < -0.4 is 14.5 Å². The molecule has 0 bridgehead atoms. The van der Waals surface area contributed by atoms with Crippen LogP contribution in [0.15, 0.2) is 72.3 Å². The van der Waals surface area contributed by atoms with E-state index in [2.05, 4.69) is 4.90 Å². The van der Waals surface area contributed by atoms with Gasteiger partial charge in [0.1, 0.15) is 17.3 Å². The average Bonchev–Trinajstić information content (AvgIpc) is 3.65. The van der Waals surface area contributed by atoms with Gasteiger partial charge in [0, 0.05) is 36.4 Å². The summed E-state index contributed by atoms with van der Waals surface area (Å²) in [4.78, 5) is 30.4. The molecular weight excluding hydrogens is 459 g/mol. The third-order valence-electron chi connectivity index (χ3n) is 7.19. The van der Waals surface area contributed by atoms with Gasteiger partial charge in [0.25, 0.3) is 11.7 Å². The van der Waals surface area contributed by atoms with Gasteiger partial charge in [-0.1, -0.05) is 12.1 Å². The fraction of sp³-hybridized carbons (Fsp3) is 0.241. The second-order valence-corrected chi connectivity index (χ2v) is 9.35. The second kappa shape index (κ2) is 8.82. The van der Waals surface area contributed by atoms with Crippen molar-refractivity contribution in [3.8, 4) is 5.75 Å². The number of rotatable bonds is 4. The number of Topliss-reactive ketones (excluding diaryl/α,β-unsaturated/α-hetero) is 1. The van der Waals surface area contributed by atoms with Crippen molar-refractivity contribution in [3.05, 3.63) is 94.8 Å². The number of amides is 1. The first-order chi connectivity index (χ1) is 17.5. The van der Waals surface area contributed by atoms with E-state index in [9.17, 15) is 19.1 Å². The summed E-state index contributed by atoms with van der Waals surface area (Å²) in [6.07, 6.45) is 3.00. The van der Waals surface area contributed by atoms with E-state index in [0.717, 1.165) is 42.9 Å². The van der Waals surface area contributed by atoms with Crippen LogP contribution in [0.25, 0.3) is 5.76 Å². The molecule has 2 saturated heterocycles. The summed E-state index contributed by atoms with van der Waals surface area (Å²) in [5.41, 5.74) is 3.49. The van der Waals surface area contributed by atoms with Gasteiger partial charge in [-0.3, -0.25) is 14.5 Å². The lowest BCUT2D eigenvalue weighted by molar-refractivity contribution is -0.132. The average molecular weight is 485 g/mol. The number of nitrogens with zero attached hydrogens (tertiary/aromatic N) is 2. The van der Waals surface area contributed by atoms with E-state index in [0.29, 0.717) is 29.8 Å². The summed E-state index contributed by atoms with van der Waals surface area (Å²) in [6.45, 7) is 2.55. The summed E-state index contributed by atoms with van der Waals surface area (Å²) in [5.74, 6) is -1.44. The first kappa shape index (κ1) is 22.3. The number of fused-ring (bicyclic) bond motifs is 1. The minimum Gasteiger partial charge on any atom is -0.507 e. The molecule has 0 aliphatic carbocycles. The summed E-state index contributed by atoms with van der Waals surface area (Å²) in [7, 11) is 0. The third kappa shape index (κ3) is 3.71. The number of ether oxygens (including phenoxy) is 1. The van der Waals surface area contributed by atoms with E-state index >= 15 is 0 Å². The van der Waals surface area contributed by atoms with Crippen LogP contribution in [0.4, 0.5) is 15.8 Å². The Kier molecular flexibility index (Phi) is 5.48. The van der Waals surface area contributed by atoms with Gasteiger partial charge in [0.15, 0.2) is 0 Å². The van der Waals surface area contributed by atoms with Gasteiger partial charge in [-0.05, 0) is 78.6 Å². The van der Waals surface area contributed by atoms with Gasteiger partial charge in [-0.15, -0.1) is 0 Å². The summed E-state index contributed by atoms with van der Waals surface area (Å²) >= 11 is 0. The van der Waals surface area contributed by atoms with Gasteiger partial charge in [-0.25, -0.2) is 4.39 Å². The zero-order chi connectivity index (χ0) is 24.8. The predicted octanol–water partition coefficient (Wildman–Crippen LogP) is 4.99. The molecule has 6 nitrogen and oxygen atoms in total. The molecule has 1 unspecified atom stereocenters. The van der Waals surface area contributed by atoms with Crippen LogP contribution in [0.5, 0.6) is 5.75 Å². The van der Waals surface area contributed by atoms with Crippen LogP contribution in [-0.4, -0.2) is 36.5 Å². The lowest BCUT2D eigenvalue weighted by Crippen LogP contribution is -2.29. The van der Waals surface area contributed by atoms with Gasteiger partial charge in [-0.2, -0.15) is 0 Å². The number of aliphatic hydroxyl groups is 1. The Morgan fingerprint density at radius 2 is 1.61 bits per heavy atom. The number of hydrogen-bond donors (Lipinski definition) is 1. The highest BCUT2D eigenvalue weighted by Crippen LogP contribution is 2.43. The molecule has 2 fully saturated rings. The molecule has 182 valence electrons. The molecule has 3 aliphatic rings. The Hall–Kier alpha value is -4.13. The zero-order valence-corrected chi connectivity index (χ0v) is 19.6. The molecule has 3 heterocycles. The molecule has 3 aromatic carbocycles. The maximum absolute atomic E-state index is 13.8. The highest BCUT2D eigenvalue weighted by atomic mass is 19.1. The normalized spacial score (nSPS) is 20.6. The number of carbonyl (C=O) groups excluding carboxylic acids is 2. The van der Waals surface area contributed by atoms with Crippen LogP contribution in [0.2, 0.25) is 0 Å². The summed E-state index contributed by atoms with van der Waals surface area (Å²) < 4.78 is 19.3. The first-order valence-corrected chi connectivity index (χ1v) is 12.2.